The molecular formula is C21H33N5. The topological polar surface area (TPSA) is 54.2 Å². The van der Waals surface area contributed by atoms with E-state index < -0.39 is 0 Å². The molecule has 1 heterocycles. The summed E-state index contributed by atoms with van der Waals surface area (Å²) in [5.74, 6) is 0.844. The zero-order valence-corrected chi connectivity index (χ0v) is 17.3. The first kappa shape index (κ1) is 20.0. The lowest BCUT2D eigenvalue weighted by atomic mass is 9.82. The Bertz CT molecular complexity index is 771. The van der Waals surface area contributed by atoms with Gasteiger partial charge in [-0.05, 0) is 38.8 Å². The normalized spacial score (nSPS) is 12.3. The Kier molecular flexibility index (Phi) is 6.46. The lowest BCUT2D eigenvalue weighted by molar-refractivity contribution is 0.506. The zero-order valence-electron chi connectivity index (χ0n) is 17.3. The summed E-state index contributed by atoms with van der Waals surface area (Å²) in [6.45, 7) is 15.2. The van der Waals surface area contributed by atoms with Crippen molar-refractivity contribution < 1.29 is 0 Å². The standard InChI is InChI=1S/C21H33N5/c1-8-22-20(23-13-18-16(3)25-26(7)17(18)4)24-14-21(5,6)19-12-10-9-11-15(19)2/h9-12H,8,13-14H2,1-7H3,(H2,22,23,24). The van der Waals surface area contributed by atoms with Gasteiger partial charge in [0.2, 0.25) is 0 Å². The molecule has 1 aromatic heterocycles. The Morgan fingerprint density at radius 3 is 2.42 bits per heavy atom. The SMILES string of the molecule is CCNC(=NCc1c(C)nn(C)c1C)NCC(C)(C)c1ccccc1C. The van der Waals surface area contributed by atoms with Gasteiger partial charge in [-0.1, -0.05) is 38.1 Å². The van der Waals surface area contributed by atoms with Gasteiger partial charge in [0, 0.05) is 36.8 Å². The number of nitrogens with one attached hydrogen (secondary N) is 2. The van der Waals surface area contributed by atoms with Crippen molar-refractivity contribution in [1.82, 2.24) is 20.4 Å². The fraction of sp³-hybridized carbons (Fsp3) is 0.524. The van der Waals surface area contributed by atoms with Crippen molar-refractivity contribution in [3.63, 3.8) is 0 Å². The molecule has 2 N–H and O–H groups in total. The number of hydrogen-bond acceptors (Lipinski definition) is 2. The Hall–Kier alpha value is -2.30. The maximum atomic E-state index is 4.78. The molecular weight excluding hydrogens is 322 g/mol. The van der Waals surface area contributed by atoms with Gasteiger partial charge >= 0.3 is 0 Å². The van der Waals surface area contributed by atoms with Crippen LogP contribution in [0.3, 0.4) is 0 Å². The molecule has 1 aromatic carbocycles. The predicted octanol–water partition coefficient (Wildman–Crippen LogP) is 3.38. The highest BCUT2D eigenvalue weighted by atomic mass is 15.3. The Morgan fingerprint density at radius 1 is 1.15 bits per heavy atom. The summed E-state index contributed by atoms with van der Waals surface area (Å²) in [6.07, 6.45) is 0. The van der Waals surface area contributed by atoms with Crippen LogP contribution >= 0.6 is 0 Å². The molecule has 5 nitrogen and oxygen atoms in total. The molecule has 0 fully saturated rings. The highest BCUT2D eigenvalue weighted by Gasteiger charge is 2.22. The fourth-order valence-corrected chi connectivity index (χ4v) is 3.28. The summed E-state index contributed by atoms with van der Waals surface area (Å²) < 4.78 is 1.92. The molecule has 0 aliphatic carbocycles. The highest BCUT2D eigenvalue weighted by molar-refractivity contribution is 5.79. The van der Waals surface area contributed by atoms with Gasteiger partial charge in [0.25, 0.3) is 0 Å². The Balaban J connectivity index is 2.11. The smallest absolute Gasteiger partial charge is 0.191 e. The second-order valence-electron chi connectivity index (χ2n) is 7.52. The molecule has 0 atom stereocenters. The third-order valence-electron chi connectivity index (χ3n) is 4.97. The van der Waals surface area contributed by atoms with Crippen molar-refractivity contribution in [3.05, 3.63) is 52.3 Å². The largest absolute Gasteiger partial charge is 0.357 e. The van der Waals surface area contributed by atoms with Gasteiger partial charge in [-0.15, -0.1) is 0 Å². The molecule has 0 aliphatic heterocycles. The molecule has 2 aromatic rings. The summed E-state index contributed by atoms with van der Waals surface area (Å²) >= 11 is 0. The van der Waals surface area contributed by atoms with Crippen molar-refractivity contribution in [2.24, 2.45) is 12.0 Å². The molecule has 5 heteroatoms. The number of nitrogens with zero attached hydrogens (tertiary/aromatic N) is 3. The van der Waals surface area contributed by atoms with E-state index in [0.717, 1.165) is 24.7 Å². The second kappa shape index (κ2) is 8.39. The monoisotopic (exact) mass is 355 g/mol. The summed E-state index contributed by atoms with van der Waals surface area (Å²) in [7, 11) is 1.98. The van der Waals surface area contributed by atoms with Crippen LogP contribution in [-0.4, -0.2) is 28.8 Å². The lowest BCUT2D eigenvalue weighted by Crippen LogP contribution is -2.43. The van der Waals surface area contributed by atoms with Crippen LogP contribution in [0.4, 0.5) is 0 Å². The number of rotatable bonds is 6. The van der Waals surface area contributed by atoms with Crippen molar-refractivity contribution in [2.75, 3.05) is 13.1 Å². The predicted molar refractivity (Wildman–Crippen MR) is 110 cm³/mol. The van der Waals surface area contributed by atoms with Crippen LogP contribution in [0.25, 0.3) is 0 Å². The van der Waals surface area contributed by atoms with Crippen LogP contribution < -0.4 is 10.6 Å². The number of aliphatic imine (C=N–C) groups is 1. The van der Waals surface area contributed by atoms with Gasteiger partial charge in [0.05, 0.1) is 12.2 Å². The number of aromatic nitrogens is 2. The van der Waals surface area contributed by atoms with Gasteiger partial charge in [0.1, 0.15) is 0 Å². The minimum absolute atomic E-state index is 0.0155. The quantitative estimate of drug-likeness (QED) is 0.617. The Morgan fingerprint density at radius 2 is 1.85 bits per heavy atom. The third-order valence-corrected chi connectivity index (χ3v) is 4.97. The summed E-state index contributed by atoms with van der Waals surface area (Å²) in [6, 6.07) is 8.58. The van der Waals surface area contributed by atoms with Gasteiger partial charge in [-0.25, -0.2) is 4.99 Å². The number of aryl methyl sites for hydroxylation is 3. The van der Waals surface area contributed by atoms with E-state index in [1.54, 1.807) is 0 Å². The first-order valence-electron chi connectivity index (χ1n) is 9.33. The van der Waals surface area contributed by atoms with E-state index in [0.29, 0.717) is 6.54 Å². The summed E-state index contributed by atoms with van der Waals surface area (Å²) in [4.78, 5) is 4.78. The molecule has 0 bridgehead atoms. The first-order valence-corrected chi connectivity index (χ1v) is 9.33. The molecule has 0 radical (unpaired) electrons. The summed E-state index contributed by atoms with van der Waals surface area (Å²) in [5.41, 5.74) is 6.11. The van der Waals surface area contributed by atoms with E-state index in [4.69, 9.17) is 4.99 Å². The number of guanidine groups is 1. The molecule has 142 valence electrons. The van der Waals surface area contributed by atoms with Crippen LogP contribution in [0.1, 0.15) is 48.8 Å². The average molecular weight is 356 g/mol. The maximum Gasteiger partial charge on any atom is 0.191 e. The van der Waals surface area contributed by atoms with Crippen LogP contribution in [-0.2, 0) is 19.0 Å². The van der Waals surface area contributed by atoms with Crippen LogP contribution in [0.5, 0.6) is 0 Å². The van der Waals surface area contributed by atoms with Gasteiger partial charge in [-0.3, -0.25) is 4.68 Å². The van der Waals surface area contributed by atoms with Crippen LogP contribution in [0.2, 0.25) is 0 Å². The van der Waals surface area contributed by atoms with Gasteiger partial charge < -0.3 is 10.6 Å². The van der Waals surface area contributed by atoms with Crippen LogP contribution in [0.15, 0.2) is 29.3 Å². The molecule has 0 spiro atoms. The van der Waals surface area contributed by atoms with E-state index in [1.807, 2.05) is 18.7 Å². The summed E-state index contributed by atoms with van der Waals surface area (Å²) in [5, 5.41) is 11.3. The fourth-order valence-electron chi connectivity index (χ4n) is 3.28. The van der Waals surface area contributed by atoms with Crippen molar-refractivity contribution in [1.29, 1.82) is 0 Å². The van der Waals surface area contributed by atoms with Gasteiger partial charge in [0.15, 0.2) is 5.96 Å². The minimum atomic E-state index is 0.0155. The van der Waals surface area contributed by atoms with E-state index in [-0.39, 0.29) is 5.41 Å². The van der Waals surface area contributed by atoms with Crippen molar-refractivity contribution >= 4 is 5.96 Å². The number of hydrogen-bond donors (Lipinski definition) is 2. The molecule has 0 unspecified atom stereocenters. The third kappa shape index (κ3) is 4.65. The molecule has 2 rings (SSSR count). The molecule has 0 saturated carbocycles. The van der Waals surface area contributed by atoms with E-state index in [2.05, 4.69) is 74.6 Å². The molecule has 0 amide bonds. The van der Waals surface area contributed by atoms with E-state index in [1.165, 1.54) is 22.4 Å². The Labute approximate surface area is 157 Å². The maximum absolute atomic E-state index is 4.78. The molecule has 0 aliphatic rings. The zero-order chi connectivity index (χ0) is 19.3. The minimum Gasteiger partial charge on any atom is -0.357 e. The van der Waals surface area contributed by atoms with Crippen molar-refractivity contribution in [2.45, 2.75) is 53.5 Å². The van der Waals surface area contributed by atoms with Gasteiger partial charge in [-0.2, -0.15) is 5.10 Å². The first-order chi connectivity index (χ1) is 12.3. The second-order valence-corrected chi connectivity index (χ2v) is 7.52. The molecule has 26 heavy (non-hydrogen) atoms. The van der Waals surface area contributed by atoms with Crippen LogP contribution in [0, 0.1) is 20.8 Å². The van der Waals surface area contributed by atoms with E-state index in [9.17, 15) is 0 Å². The highest BCUT2D eigenvalue weighted by Crippen LogP contribution is 2.25. The average Bonchev–Trinajstić information content (AvgIpc) is 2.83. The van der Waals surface area contributed by atoms with Crippen molar-refractivity contribution in [3.8, 4) is 0 Å². The van der Waals surface area contributed by atoms with E-state index >= 15 is 0 Å². The molecule has 0 saturated heterocycles. The number of benzene rings is 1. The lowest BCUT2D eigenvalue weighted by Gasteiger charge is -2.28.